The molecular formula is C5H9N. The van der Waals surface area contributed by atoms with Crippen LogP contribution in [0.15, 0.2) is 4.99 Å². The minimum atomic E-state index is 0.606. The number of hydrogen-bond acceptors (Lipinski definition) is 1. The Hall–Kier alpha value is -0.330. The molecule has 0 amide bonds. The van der Waals surface area contributed by atoms with Gasteiger partial charge in [0.05, 0.1) is 6.04 Å². The van der Waals surface area contributed by atoms with Crippen molar-refractivity contribution >= 4 is 5.71 Å². The van der Waals surface area contributed by atoms with Crippen molar-refractivity contribution in [2.75, 3.05) is 0 Å². The van der Waals surface area contributed by atoms with Gasteiger partial charge in [-0.15, -0.1) is 0 Å². The van der Waals surface area contributed by atoms with E-state index < -0.39 is 0 Å². The summed E-state index contributed by atoms with van der Waals surface area (Å²) in [6, 6.07) is 0.606. The third kappa shape index (κ3) is 0.445. The van der Waals surface area contributed by atoms with Gasteiger partial charge in [-0.2, -0.15) is 0 Å². The van der Waals surface area contributed by atoms with Crippen LogP contribution in [-0.4, -0.2) is 11.8 Å². The van der Waals surface area contributed by atoms with E-state index in [4.69, 9.17) is 0 Å². The molecule has 1 heterocycles. The van der Waals surface area contributed by atoms with E-state index in [1.807, 2.05) is 0 Å². The highest BCUT2D eigenvalue weighted by Gasteiger charge is 2.17. The Morgan fingerprint density at radius 3 is 2.33 bits per heavy atom. The van der Waals surface area contributed by atoms with Crippen LogP contribution in [0.5, 0.6) is 0 Å². The van der Waals surface area contributed by atoms with E-state index >= 15 is 0 Å². The van der Waals surface area contributed by atoms with Crippen molar-refractivity contribution in [3.8, 4) is 0 Å². The standard InChI is InChI=1S/C5H9N/c1-3-5-4(2)6-5/h4H,3H2,1-2H3. The molecule has 1 atom stereocenters. The molecule has 1 aliphatic rings. The Morgan fingerprint density at radius 1 is 1.83 bits per heavy atom. The van der Waals surface area contributed by atoms with Crippen molar-refractivity contribution in [3.05, 3.63) is 0 Å². The maximum Gasteiger partial charge on any atom is 0.0848 e. The minimum Gasteiger partial charge on any atom is -0.283 e. The monoisotopic (exact) mass is 83.1 g/mol. The van der Waals surface area contributed by atoms with Crippen LogP contribution >= 0.6 is 0 Å². The molecule has 1 aliphatic heterocycles. The molecular weight excluding hydrogens is 74.1 g/mol. The van der Waals surface area contributed by atoms with Crippen molar-refractivity contribution in [1.82, 2.24) is 0 Å². The summed E-state index contributed by atoms with van der Waals surface area (Å²) in [5, 5.41) is 0. The van der Waals surface area contributed by atoms with Gasteiger partial charge in [0, 0.05) is 5.71 Å². The van der Waals surface area contributed by atoms with Gasteiger partial charge in [0.25, 0.3) is 0 Å². The molecule has 0 aromatic carbocycles. The fraction of sp³-hybridized carbons (Fsp3) is 0.800. The van der Waals surface area contributed by atoms with Crippen molar-refractivity contribution in [2.24, 2.45) is 4.99 Å². The quantitative estimate of drug-likeness (QED) is 0.452. The zero-order chi connectivity index (χ0) is 4.57. The van der Waals surface area contributed by atoms with Crippen molar-refractivity contribution in [3.63, 3.8) is 0 Å². The van der Waals surface area contributed by atoms with E-state index in [1.54, 1.807) is 0 Å². The summed E-state index contributed by atoms with van der Waals surface area (Å²) in [6.45, 7) is 4.27. The van der Waals surface area contributed by atoms with Crippen LogP contribution in [0.1, 0.15) is 20.3 Å². The minimum absolute atomic E-state index is 0.606. The largest absolute Gasteiger partial charge is 0.283 e. The molecule has 34 valence electrons. The van der Waals surface area contributed by atoms with E-state index in [1.165, 1.54) is 5.71 Å². The van der Waals surface area contributed by atoms with E-state index in [-0.39, 0.29) is 0 Å². The molecule has 0 saturated heterocycles. The highest BCUT2D eigenvalue weighted by molar-refractivity contribution is 5.99. The molecule has 0 aromatic heterocycles. The zero-order valence-corrected chi connectivity index (χ0v) is 4.23. The van der Waals surface area contributed by atoms with Crippen LogP contribution in [0.2, 0.25) is 0 Å². The molecule has 0 spiro atoms. The molecule has 0 bridgehead atoms. The van der Waals surface area contributed by atoms with Gasteiger partial charge in [-0.05, 0) is 13.3 Å². The summed E-state index contributed by atoms with van der Waals surface area (Å²) < 4.78 is 0. The third-order valence-corrected chi connectivity index (χ3v) is 1.14. The Labute approximate surface area is 38.1 Å². The van der Waals surface area contributed by atoms with Crippen LogP contribution in [0.4, 0.5) is 0 Å². The maximum absolute atomic E-state index is 4.09. The SMILES string of the molecule is CCC1=NC1C. The van der Waals surface area contributed by atoms with Gasteiger partial charge in [-0.1, -0.05) is 6.92 Å². The highest BCUT2D eigenvalue weighted by atomic mass is 14.9. The predicted molar refractivity (Wildman–Crippen MR) is 27.2 cm³/mol. The Balaban J connectivity index is 2.23. The van der Waals surface area contributed by atoms with Crippen molar-refractivity contribution in [1.29, 1.82) is 0 Å². The lowest BCUT2D eigenvalue weighted by atomic mass is 10.3. The summed E-state index contributed by atoms with van der Waals surface area (Å²) in [7, 11) is 0. The molecule has 0 N–H and O–H groups in total. The molecule has 0 saturated carbocycles. The second kappa shape index (κ2) is 1.07. The predicted octanol–water partition coefficient (Wildman–Crippen LogP) is 1.24. The normalized spacial score (nSPS) is 29.7. The lowest BCUT2D eigenvalue weighted by molar-refractivity contribution is 1.13. The Morgan fingerprint density at radius 2 is 2.33 bits per heavy atom. The van der Waals surface area contributed by atoms with Gasteiger partial charge >= 0.3 is 0 Å². The van der Waals surface area contributed by atoms with Gasteiger partial charge < -0.3 is 0 Å². The number of nitrogens with zero attached hydrogens (tertiary/aromatic N) is 1. The topological polar surface area (TPSA) is 12.4 Å². The van der Waals surface area contributed by atoms with E-state index in [0.717, 1.165) is 6.42 Å². The molecule has 0 aliphatic carbocycles. The maximum atomic E-state index is 4.09. The van der Waals surface area contributed by atoms with E-state index in [2.05, 4.69) is 18.8 Å². The van der Waals surface area contributed by atoms with Crippen LogP contribution in [0.3, 0.4) is 0 Å². The first-order valence-electron chi connectivity index (χ1n) is 2.41. The van der Waals surface area contributed by atoms with Gasteiger partial charge in [-0.3, -0.25) is 4.99 Å². The second-order valence-electron chi connectivity index (χ2n) is 1.65. The number of rotatable bonds is 1. The fourth-order valence-corrected chi connectivity index (χ4v) is 0.598. The van der Waals surface area contributed by atoms with Crippen LogP contribution in [0.25, 0.3) is 0 Å². The van der Waals surface area contributed by atoms with Gasteiger partial charge in [0.1, 0.15) is 0 Å². The molecule has 1 heteroatoms. The molecule has 0 radical (unpaired) electrons. The van der Waals surface area contributed by atoms with E-state index in [0.29, 0.717) is 6.04 Å². The zero-order valence-electron chi connectivity index (χ0n) is 4.23. The molecule has 1 unspecified atom stereocenters. The summed E-state index contributed by atoms with van der Waals surface area (Å²) in [5.41, 5.74) is 1.38. The molecule has 1 rings (SSSR count). The average molecular weight is 83.1 g/mol. The summed E-state index contributed by atoms with van der Waals surface area (Å²) in [6.07, 6.45) is 1.15. The third-order valence-electron chi connectivity index (χ3n) is 1.14. The van der Waals surface area contributed by atoms with Gasteiger partial charge in [-0.25, -0.2) is 0 Å². The molecule has 0 fully saturated rings. The summed E-state index contributed by atoms with van der Waals surface area (Å²) in [4.78, 5) is 4.09. The first kappa shape index (κ1) is 3.85. The van der Waals surface area contributed by atoms with Crippen molar-refractivity contribution < 1.29 is 0 Å². The molecule has 0 aromatic rings. The van der Waals surface area contributed by atoms with E-state index in [9.17, 15) is 0 Å². The van der Waals surface area contributed by atoms with Gasteiger partial charge in [0.15, 0.2) is 0 Å². The smallest absolute Gasteiger partial charge is 0.0848 e. The molecule has 1 nitrogen and oxygen atoms in total. The van der Waals surface area contributed by atoms with Crippen molar-refractivity contribution in [2.45, 2.75) is 26.3 Å². The number of hydrogen-bond donors (Lipinski definition) is 0. The first-order chi connectivity index (χ1) is 2.84. The van der Waals surface area contributed by atoms with Crippen LogP contribution in [0, 0.1) is 0 Å². The lowest BCUT2D eigenvalue weighted by Gasteiger charge is -1.72. The highest BCUT2D eigenvalue weighted by Crippen LogP contribution is 2.11. The average Bonchev–Trinajstić information content (AvgIpc) is 2.19. The van der Waals surface area contributed by atoms with Gasteiger partial charge in [0.2, 0.25) is 0 Å². The summed E-state index contributed by atoms with van der Waals surface area (Å²) >= 11 is 0. The lowest BCUT2D eigenvalue weighted by Crippen LogP contribution is -1.85. The fourth-order valence-electron chi connectivity index (χ4n) is 0.598. The summed E-state index contributed by atoms with van der Waals surface area (Å²) in [5.74, 6) is 0. The Kier molecular flexibility index (Phi) is 0.685. The Bertz CT molecular complexity index is 83.9. The second-order valence-corrected chi connectivity index (χ2v) is 1.65. The van der Waals surface area contributed by atoms with Crippen LogP contribution in [-0.2, 0) is 0 Å². The first-order valence-corrected chi connectivity index (χ1v) is 2.41. The van der Waals surface area contributed by atoms with Crippen LogP contribution < -0.4 is 0 Å². The molecule has 6 heavy (non-hydrogen) atoms. The number of aliphatic imine (C=N–C) groups is 1.